The maximum absolute atomic E-state index is 4.80. The molecule has 0 radical (unpaired) electrons. The molecule has 4 heteroatoms. The molecule has 106 valence electrons. The molecular weight excluding hydrogens is 278 g/mol. The average molecular weight is 295 g/mol. The van der Waals surface area contributed by atoms with E-state index >= 15 is 0 Å². The Morgan fingerprint density at radius 2 is 2.29 bits per heavy atom. The van der Waals surface area contributed by atoms with Gasteiger partial charge in [-0.25, -0.2) is 0 Å². The summed E-state index contributed by atoms with van der Waals surface area (Å²) >= 11 is 1.85. The molecule has 0 unspecified atom stereocenters. The van der Waals surface area contributed by atoms with Crippen LogP contribution in [0.2, 0.25) is 0 Å². The van der Waals surface area contributed by atoms with Gasteiger partial charge in [0.05, 0.1) is 5.52 Å². The van der Waals surface area contributed by atoms with E-state index < -0.39 is 0 Å². The van der Waals surface area contributed by atoms with Gasteiger partial charge >= 0.3 is 0 Å². The molecule has 0 N–H and O–H groups in total. The van der Waals surface area contributed by atoms with Crippen molar-refractivity contribution in [2.75, 3.05) is 13.1 Å². The SMILES string of the molecule is c1csc(CCN2CCc3nc4ccncc4cc3C2)c1. The summed E-state index contributed by atoms with van der Waals surface area (Å²) in [5.74, 6) is 0. The van der Waals surface area contributed by atoms with Crippen LogP contribution in [0, 0.1) is 0 Å². The highest BCUT2D eigenvalue weighted by Gasteiger charge is 2.17. The molecule has 0 bridgehead atoms. The van der Waals surface area contributed by atoms with Crippen molar-refractivity contribution < 1.29 is 0 Å². The Hall–Kier alpha value is -1.78. The largest absolute Gasteiger partial charge is 0.298 e. The van der Waals surface area contributed by atoms with Gasteiger partial charge in [0.2, 0.25) is 0 Å². The number of pyridine rings is 2. The second-order valence-corrected chi connectivity index (χ2v) is 6.55. The molecule has 0 aliphatic carbocycles. The first-order valence-corrected chi connectivity index (χ1v) is 8.24. The van der Waals surface area contributed by atoms with E-state index in [-0.39, 0.29) is 0 Å². The van der Waals surface area contributed by atoms with Crippen LogP contribution in [0.4, 0.5) is 0 Å². The summed E-state index contributed by atoms with van der Waals surface area (Å²) in [6.45, 7) is 3.26. The van der Waals surface area contributed by atoms with Crippen molar-refractivity contribution in [1.82, 2.24) is 14.9 Å². The minimum atomic E-state index is 1.01. The van der Waals surface area contributed by atoms with Crippen LogP contribution in [0.1, 0.15) is 16.1 Å². The van der Waals surface area contributed by atoms with Gasteiger partial charge in [0.1, 0.15) is 0 Å². The van der Waals surface area contributed by atoms with Crippen molar-refractivity contribution in [3.05, 3.63) is 58.2 Å². The van der Waals surface area contributed by atoms with E-state index in [9.17, 15) is 0 Å². The van der Waals surface area contributed by atoms with E-state index in [1.807, 2.05) is 29.8 Å². The molecule has 3 aromatic rings. The number of hydrogen-bond donors (Lipinski definition) is 0. The third-order valence-electron chi connectivity index (χ3n) is 4.10. The summed E-state index contributed by atoms with van der Waals surface area (Å²) in [5.41, 5.74) is 3.70. The Bertz CT molecular complexity index is 752. The van der Waals surface area contributed by atoms with Crippen molar-refractivity contribution in [2.24, 2.45) is 0 Å². The van der Waals surface area contributed by atoms with Crippen LogP contribution in [-0.2, 0) is 19.4 Å². The zero-order chi connectivity index (χ0) is 14.1. The van der Waals surface area contributed by atoms with Gasteiger partial charge in [-0.2, -0.15) is 0 Å². The zero-order valence-corrected chi connectivity index (χ0v) is 12.6. The van der Waals surface area contributed by atoms with Crippen LogP contribution in [-0.4, -0.2) is 28.0 Å². The number of aromatic nitrogens is 2. The lowest BCUT2D eigenvalue weighted by molar-refractivity contribution is 0.256. The monoisotopic (exact) mass is 295 g/mol. The number of hydrogen-bond acceptors (Lipinski definition) is 4. The first kappa shape index (κ1) is 12.9. The van der Waals surface area contributed by atoms with Gasteiger partial charge in [-0.1, -0.05) is 6.07 Å². The molecule has 0 saturated carbocycles. The van der Waals surface area contributed by atoms with Gasteiger partial charge in [-0.05, 0) is 35.6 Å². The highest BCUT2D eigenvalue weighted by atomic mass is 32.1. The van der Waals surface area contributed by atoms with Crippen molar-refractivity contribution in [1.29, 1.82) is 0 Å². The van der Waals surface area contributed by atoms with Crippen LogP contribution in [0.3, 0.4) is 0 Å². The normalized spacial score (nSPS) is 15.2. The molecule has 1 aliphatic rings. The van der Waals surface area contributed by atoms with E-state index in [2.05, 4.69) is 33.5 Å². The standard InChI is InChI=1S/C17H17N3S/c1-2-15(21-9-1)4-7-20-8-5-17-14(12-20)10-13-11-18-6-3-16(13)19-17/h1-3,6,9-11H,4-5,7-8,12H2. The van der Waals surface area contributed by atoms with Crippen LogP contribution >= 0.6 is 11.3 Å². The molecule has 1 aliphatic heterocycles. The fourth-order valence-electron chi connectivity index (χ4n) is 2.95. The van der Waals surface area contributed by atoms with Gasteiger partial charge in [-0.15, -0.1) is 11.3 Å². The average Bonchev–Trinajstić information content (AvgIpc) is 3.04. The summed E-state index contributed by atoms with van der Waals surface area (Å²) in [6, 6.07) is 8.62. The molecular formula is C17H17N3S. The second-order valence-electron chi connectivity index (χ2n) is 5.52. The molecule has 3 nitrogen and oxygen atoms in total. The summed E-state index contributed by atoms with van der Waals surface area (Å²) in [4.78, 5) is 13.0. The number of fused-ring (bicyclic) bond motifs is 2. The summed E-state index contributed by atoms with van der Waals surface area (Å²) in [6.07, 6.45) is 5.93. The van der Waals surface area contributed by atoms with Gasteiger partial charge in [0.25, 0.3) is 0 Å². The number of thiophene rings is 1. The Labute approximate surface area is 128 Å². The lowest BCUT2D eigenvalue weighted by atomic mass is 10.0. The van der Waals surface area contributed by atoms with Crippen LogP contribution < -0.4 is 0 Å². The molecule has 0 amide bonds. The predicted molar refractivity (Wildman–Crippen MR) is 86.5 cm³/mol. The molecule has 0 aromatic carbocycles. The zero-order valence-electron chi connectivity index (χ0n) is 11.8. The van der Waals surface area contributed by atoms with Gasteiger partial charge in [0.15, 0.2) is 0 Å². The topological polar surface area (TPSA) is 29.0 Å². The second kappa shape index (κ2) is 5.54. The molecule has 0 saturated heterocycles. The maximum Gasteiger partial charge on any atom is 0.0736 e. The predicted octanol–water partition coefficient (Wildman–Crippen LogP) is 3.29. The van der Waals surface area contributed by atoms with Crippen molar-refractivity contribution in [3.63, 3.8) is 0 Å². The quantitative estimate of drug-likeness (QED) is 0.742. The lowest BCUT2D eigenvalue weighted by Crippen LogP contribution is -2.32. The molecule has 0 spiro atoms. The lowest BCUT2D eigenvalue weighted by Gasteiger charge is -2.28. The van der Waals surface area contributed by atoms with E-state index in [1.54, 1.807) is 0 Å². The first-order chi connectivity index (χ1) is 10.4. The van der Waals surface area contributed by atoms with E-state index in [0.29, 0.717) is 0 Å². The Morgan fingerprint density at radius 3 is 3.19 bits per heavy atom. The smallest absolute Gasteiger partial charge is 0.0736 e. The summed E-state index contributed by atoms with van der Waals surface area (Å²) in [5, 5.41) is 3.31. The molecule has 4 rings (SSSR count). The van der Waals surface area contributed by atoms with Gasteiger partial charge in [-0.3, -0.25) is 14.9 Å². The third-order valence-corrected chi connectivity index (χ3v) is 5.03. The highest BCUT2D eigenvalue weighted by molar-refractivity contribution is 7.09. The highest BCUT2D eigenvalue weighted by Crippen LogP contribution is 2.22. The van der Waals surface area contributed by atoms with Crippen molar-refractivity contribution in [3.8, 4) is 0 Å². The maximum atomic E-state index is 4.80. The minimum Gasteiger partial charge on any atom is -0.298 e. The Balaban J connectivity index is 1.52. The summed E-state index contributed by atoms with van der Waals surface area (Å²) < 4.78 is 0. The number of rotatable bonds is 3. The van der Waals surface area contributed by atoms with Crippen LogP contribution in [0.15, 0.2) is 42.0 Å². The molecule has 21 heavy (non-hydrogen) atoms. The fraction of sp³-hybridized carbons (Fsp3) is 0.294. The Morgan fingerprint density at radius 1 is 1.29 bits per heavy atom. The van der Waals surface area contributed by atoms with E-state index in [0.717, 1.165) is 43.4 Å². The van der Waals surface area contributed by atoms with Crippen molar-refractivity contribution >= 4 is 22.2 Å². The fourth-order valence-corrected chi connectivity index (χ4v) is 3.65. The molecule has 4 heterocycles. The Kier molecular flexibility index (Phi) is 3.41. The third kappa shape index (κ3) is 2.69. The molecule has 0 atom stereocenters. The van der Waals surface area contributed by atoms with Crippen LogP contribution in [0.5, 0.6) is 0 Å². The van der Waals surface area contributed by atoms with Crippen molar-refractivity contribution in [2.45, 2.75) is 19.4 Å². The van der Waals surface area contributed by atoms with E-state index in [4.69, 9.17) is 4.98 Å². The first-order valence-electron chi connectivity index (χ1n) is 7.36. The number of nitrogens with zero attached hydrogens (tertiary/aromatic N) is 3. The van der Waals surface area contributed by atoms with Gasteiger partial charge < -0.3 is 0 Å². The van der Waals surface area contributed by atoms with Gasteiger partial charge in [0, 0.05) is 54.4 Å². The molecule has 0 fully saturated rings. The molecule has 3 aromatic heterocycles. The minimum absolute atomic E-state index is 1.01. The summed E-state index contributed by atoms with van der Waals surface area (Å²) in [7, 11) is 0. The van der Waals surface area contributed by atoms with E-state index in [1.165, 1.54) is 16.1 Å². The van der Waals surface area contributed by atoms with Crippen LogP contribution in [0.25, 0.3) is 10.9 Å².